The Labute approximate surface area is 88.7 Å². The van der Waals surface area contributed by atoms with E-state index < -0.39 is 0 Å². The number of aryl methyl sites for hydroxylation is 2. The van der Waals surface area contributed by atoms with Crippen LogP contribution >= 0.6 is 11.6 Å². The number of hydrogen-bond acceptors (Lipinski definition) is 2. The van der Waals surface area contributed by atoms with E-state index in [0.717, 1.165) is 24.1 Å². The van der Waals surface area contributed by atoms with E-state index in [0.29, 0.717) is 5.15 Å². The lowest BCUT2D eigenvalue weighted by atomic mass is 9.91. The Morgan fingerprint density at radius 3 is 2.43 bits per heavy atom. The van der Waals surface area contributed by atoms with Gasteiger partial charge in [-0.2, -0.15) is 5.10 Å². The van der Waals surface area contributed by atoms with E-state index >= 15 is 0 Å². The third kappa shape index (κ3) is 1.19. The van der Waals surface area contributed by atoms with Gasteiger partial charge in [-0.3, -0.25) is 4.68 Å². The van der Waals surface area contributed by atoms with E-state index in [4.69, 9.17) is 11.6 Å². The highest BCUT2D eigenvalue weighted by atomic mass is 35.5. The molecule has 0 spiro atoms. The highest BCUT2D eigenvalue weighted by Gasteiger charge is 2.51. The molecule has 3 nitrogen and oxygen atoms in total. The van der Waals surface area contributed by atoms with Gasteiger partial charge in [0.25, 0.3) is 0 Å². The zero-order valence-electron chi connectivity index (χ0n) is 8.71. The van der Waals surface area contributed by atoms with Gasteiger partial charge in [0.15, 0.2) is 0 Å². The molecule has 1 N–H and O–H groups in total. The Bertz CT molecular complexity index is 366. The molecule has 1 unspecified atom stereocenters. The Balaban J connectivity index is 2.51. The number of rotatable bonds is 2. The Morgan fingerprint density at radius 2 is 2.14 bits per heavy atom. The predicted octanol–water partition coefficient (Wildman–Crippen LogP) is 1.79. The monoisotopic (exact) mass is 214 g/mol. The zero-order valence-corrected chi connectivity index (χ0v) is 9.47. The van der Waals surface area contributed by atoms with Crippen molar-refractivity contribution in [2.24, 2.45) is 7.05 Å². The van der Waals surface area contributed by atoms with E-state index in [1.807, 2.05) is 20.9 Å². The largest absolute Gasteiger partial charge is 0.392 e. The van der Waals surface area contributed by atoms with Gasteiger partial charge in [0, 0.05) is 18.0 Å². The zero-order chi connectivity index (χ0) is 10.5. The van der Waals surface area contributed by atoms with Crippen LogP contribution in [0.1, 0.15) is 31.0 Å². The second-order valence-corrected chi connectivity index (χ2v) is 4.56. The summed E-state index contributed by atoms with van der Waals surface area (Å²) in [6, 6.07) is 0. The molecule has 4 heteroatoms. The van der Waals surface area contributed by atoms with Crippen molar-refractivity contribution in [2.45, 2.75) is 38.2 Å². The van der Waals surface area contributed by atoms with E-state index in [9.17, 15) is 5.11 Å². The molecule has 0 radical (unpaired) electrons. The summed E-state index contributed by atoms with van der Waals surface area (Å²) in [6.07, 6.45) is 1.68. The average molecular weight is 215 g/mol. The second-order valence-electron chi connectivity index (χ2n) is 4.21. The number of aliphatic hydroxyl groups excluding tert-OH is 1. The first kappa shape index (κ1) is 9.99. The van der Waals surface area contributed by atoms with Crippen LogP contribution in [0.4, 0.5) is 0 Å². The third-order valence-corrected chi connectivity index (χ3v) is 3.67. The van der Waals surface area contributed by atoms with Crippen LogP contribution in [0.3, 0.4) is 0 Å². The first-order valence-electron chi connectivity index (χ1n) is 4.86. The minimum absolute atomic E-state index is 0.116. The smallest absolute Gasteiger partial charge is 0.130 e. The fourth-order valence-electron chi connectivity index (χ4n) is 2.21. The normalized spacial score (nSPS) is 20.9. The standard InChI is InChI=1S/C10H15ClN2O/c1-6-8(9(11)13(3)12-6)10(4-5-10)7(2)14/h7,14H,4-5H2,1-3H3. The molecule has 1 aromatic rings. The predicted molar refractivity (Wildman–Crippen MR) is 55.5 cm³/mol. The molecule has 1 heterocycles. The first-order chi connectivity index (χ1) is 6.49. The quantitative estimate of drug-likeness (QED) is 0.815. The van der Waals surface area contributed by atoms with Gasteiger partial charge in [0.05, 0.1) is 11.8 Å². The summed E-state index contributed by atoms with van der Waals surface area (Å²) in [4.78, 5) is 0. The van der Waals surface area contributed by atoms with Crippen molar-refractivity contribution in [1.82, 2.24) is 9.78 Å². The summed E-state index contributed by atoms with van der Waals surface area (Å²) in [5.41, 5.74) is 1.86. The van der Waals surface area contributed by atoms with Crippen molar-refractivity contribution in [2.75, 3.05) is 0 Å². The average Bonchev–Trinajstić information content (AvgIpc) is 2.81. The first-order valence-corrected chi connectivity index (χ1v) is 5.24. The molecule has 1 aliphatic rings. The van der Waals surface area contributed by atoms with Gasteiger partial charge in [-0.05, 0) is 26.7 Å². The van der Waals surface area contributed by atoms with Gasteiger partial charge in [0.2, 0.25) is 0 Å². The van der Waals surface area contributed by atoms with E-state index in [2.05, 4.69) is 5.10 Å². The summed E-state index contributed by atoms with van der Waals surface area (Å²) in [6.45, 7) is 3.78. The molecular formula is C10H15ClN2O. The SMILES string of the molecule is Cc1nn(C)c(Cl)c1C1(C(C)O)CC1. The minimum Gasteiger partial charge on any atom is -0.392 e. The maximum absolute atomic E-state index is 9.76. The molecule has 0 aromatic carbocycles. The van der Waals surface area contributed by atoms with Crippen LogP contribution in [0.2, 0.25) is 5.15 Å². The summed E-state index contributed by atoms with van der Waals surface area (Å²) in [5, 5.41) is 14.7. The minimum atomic E-state index is -0.345. The van der Waals surface area contributed by atoms with Gasteiger partial charge in [0.1, 0.15) is 5.15 Å². The molecular weight excluding hydrogens is 200 g/mol. The van der Waals surface area contributed by atoms with Crippen LogP contribution in [0, 0.1) is 6.92 Å². The molecule has 78 valence electrons. The van der Waals surface area contributed by atoms with Crippen LogP contribution in [0.25, 0.3) is 0 Å². The lowest BCUT2D eigenvalue weighted by molar-refractivity contribution is 0.150. The summed E-state index contributed by atoms with van der Waals surface area (Å²) in [7, 11) is 1.83. The maximum atomic E-state index is 9.76. The molecule has 2 rings (SSSR count). The van der Waals surface area contributed by atoms with Crippen LogP contribution in [-0.4, -0.2) is 21.0 Å². The molecule has 0 aliphatic heterocycles. The van der Waals surface area contributed by atoms with E-state index in [-0.39, 0.29) is 11.5 Å². The Morgan fingerprint density at radius 1 is 1.57 bits per heavy atom. The van der Waals surface area contributed by atoms with Crippen molar-refractivity contribution in [1.29, 1.82) is 0 Å². The summed E-state index contributed by atoms with van der Waals surface area (Å²) < 4.78 is 1.68. The van der Waals surface area contributed by atoms with Crippen molar-refractivity contribution in [3.63, 3.8) is 0 Å². The Hall–Kier alpha value is -0.540. The van der Waals surface area contributed by atoms with Gasteiger partial charge in [-0.25, -0.2) is 0 Å². The van der Waals surface area contributed by atoms with Gasteiger partial charge in [-0.15, -0.1) is 0 Å². The van der Waals surface area contributed by atoms with Crippen molar-refractivity contribution in [3.8, 4) is 0 Å². The van der Waals surface area contributed by atoms with Gasteiger partial charge >= 0.3 is 0 Å². The van der Waals surface area contributed by atoms with Gasteiger partial charge < -0.3 is 5.11 Å². The summed E-state index contributed by atoms with van der Waals surface area (Å²) in [5.74, 6) is 0. The number of hydrogen-bond donors (Lipinski definition) is 1. The van der Waals surface area contributed by atoms with Crippen molar-refractivity contribution < 1.29 is 5.11 Å². The van der Waals surface area contributed by atoms with Gasteiger partial charge in [-0.1, -0.05) is 11.6 Å². The third-order valence-electron chi connectivity index (χ3n) is 3.24. The van der Waals surface area contributed by atoms with Crippen LogP contribution in [0.5, 0.6) is 0 Å². The van der Waals surface area contributed by atoms with Crippen LogP contribution in [0.15, 0.2) is 0 Å². The van der Waals surface area contributed by atoms with Crippen LogP contribution in [-0.2, 0) is 12.5 Å². The molecule has 14 heavy (non-hydrogen) atoms. The summed E-state index contributed by atoms with van der Waals surface area (Å²) >= 11 is 6.17. The fraction of sp³-hybridized carbons (Fsp3) is 0.700. The molecule has 1 saturated carbocycles. The number of halogens is 1. The second kappa shape index (κ2) is 2.97. The topological polar surface area (TPSA) is 38.0 Å². The number of aromatic nitrogens is 2. The highest BCUT2D eigenvalue weighted by molar-refractivity contribution is 6.30. The molecule has 1 aliphatic carbocycles. The highest BCUT2D eigenvalue weighted by Crippen LogP contribution is 2.53. The molecule has 0 saturated heterocycles. The van der Waals surface area contributed by atoms with E-state index in [1.165, 1.54) is 0 Å². The fourth-order valence-corrected chi connectivity index (χ4v) is 2.57. The lowest BCUT2D eigenvalue weighted by Gasteiger charge is -2.18. The maximum Gasteiger partial charge on any atom is 0.130 e. The molecule has 0 bridgehead atoms. The van der Waals surface area contributed by atoms with E-state index in [1.54, 1.807) is 4.68 Å². The molecule has 1 atom stereocenters. The number of nitrogens with zero attached hydrogens (tertiary/aromatic N) is 2. The van der Waals surface area contributed by atoms with Crippen molar-refractivity contribution >= 4 is 11.6 Å². The lowest BCUT2D eigenvalue weighted by Crippen LogP contribution is -2.23. The van der Waals surface area contributed by atoms with Crippen LogP contribution < -0.4 is 0 Å². The van der Waals surface area contributed by atoms with Crippen molar-refractivity contribution in [3.05, 3.63) is 16.4 Å². The Kier molecular flexibility index (Phi) is 2.12. The molecule has 1 aromatic heterocycles. The molecule has 1 fully saturated rings. The number of aliphatic hydroxyl groups is 1. The molecule has 0 amide bonds.